The summed E-state index contributed by atoms with van der Waals surface area (Å²) >= 11 is 0. The highest BCUT2D eigenvalue weighted by molar-refractivity contribution is 5.94. The summed E-state index contributed by atoms with van der Waals surface area (Å²) < 4.78 is 5.96. The van der Waals surface area contributed by atoms with E-state index in [9.17, 15) is 4.79 Å². The first kappa shape index (κ1) is 33.8. The van der Waals surface area contributed by atoms with Gasteiger partial charge in [0.2, 0.25) is 0 Å². The zero-order valence-electron chi connectivity index (χ0n) is 24.4. The number of benzene rings is 1. The number of aliphatic hydroxyl groups excluding tert-OH is 1. The molecule has 0 radical (unpaired) electrons. The van der Waals surface area contributed by atoms with Gasteiger partial charge in [0.25, 0.3) is 5.91 Å². The lowest BCUT2D eigenvalue weighted by Gasteiger charge is -2.24. The molecule has 1 heterocycles. The van der Waals surface area contributed by atoms with Gasteiger partial charge in [-0.2, -0.15) is 0 Å². The van der Waals surface area contributed by atoms with Gasteiger partial charge in [0.1, 0.15) is 5.76 Å². The second-order valence-electron chi connectivity index (χ2n) is 9.51. The number of aliphatic hydroxyl groups is 1. The van der Waals surface area contributed by atoms with Crippen LogP contribution >= 0.6 is 0 Å². The summed E-state index contributed by atoms with van der Waals surface area (Å²) in [5, 5.41) is 13.0. The quantitative estimate of drug-likeness (QED) is 0.215. The van der Waals surface area contributed by atoms with Gasteiger partial charge in [-0.15, -0.1) is 0 Å². The molecular weight excluding hydrogens is 450 g/mol. The molecule has 6 nitrogen and oxygen atoms in total. The first-order chi connectivity index (χ1) is 17.2. The van der Waals surface area contributed by atoms with Crippen molar-refractivity contribution in [2.24, 2.45) is 0 Å². The largest absolute Gasteiger partial charge is 0.494 e. The van der Waals surface area contributed by atoms with Gasteiger partial charge in [0, 0.05) is 37.8 Å². The fourth-order valence-electron chi connectivity index (χ4n) is 4.24. The van der Waals surface area contributed by atoms with Crippen molar-refractivity contribution in [2.45, 2.75) is 85.7 Å². The second kappa shape index (κ2) is 20.0. The summed E-state index contributed by atoms with van der Waals surface area (Å²) in [6.45, 7) is 15.5. The number of carbonyl (C=O) groups is 1. The van der Waals surface area contributed by atoms with Crippen LogP contribution in [0.3, 0.4) is 0 Å². The number of nitrogens with zero attached hydrogens (tertiary/aromatic N) is 1. The van der Waals surface area contributed by atoms with E-state index in [1.165, 1.54) is 18.4 Å². The van der Waals surface area contributed by atoms with E-state index >= 15 is 0 Å². The summed E-state index contributed by atoms with van der Waals surface area (Å²) in [6, 6.07) is 6.69. The molecule has 0 saturated carbocycles. The zero-order chi connectivity index (χ0) is 27.5. The number of ether oxygens (including phenoxy) is 1. The fourth-order valence-corrected chi connectivity index (χ4v) is 4.24. The molecule has 2 atom stereocenters. The van der Waals surface area contributed by atoms with Crippen LogP contribution in [-0.2, 0) is 4.74 Å². The van der Waals surface area contributed by atoms with Gasteiger partial charge in [-0.3, -0.25) is 9.69 Å². The Kier molecular flexibility index (Phi) is 18.8. The van der Waals surface area contributed by atoms with E-state index < -0.39 is 0 Å². The lowest BCUT2D eigenvalue weighted by Crippen LogP contribution is -2.39. The van der Waals surface area contributed by atoms with Crippen LogP contribution in [0.2, 0.25) is 0 Å². The highest BCUT2D eigenvalue weighted by atomic mass is 16.5. The molecule has 1 aliphatic heterocycles. The minimum absolute atomic E-state index is 0.0417. The van der Waals surface area contributed by atoms with Gasteiger partial charge in [-0.1, -0.05) is 43.0 Å². The molecular formula is C30H53N3O3. The molecule has 0 aliphatic carbocycles. The van der Waals surface area contributed by atoms with Gasteiger partial charge in [-0.05, 0) is 91.8 Å². The van der Waals surface area contributed by atoms with Crippen molar-refractivity contribution in [3.63, 3.8) is 0 Å². The highest BCUT2D eigenvalue weighted by Crippen LogP contribution is 2.19. The topological polar surface area (TPSA) is 73.8 Å². The lowest BCUT2D eigenvalue weighted by molar-refractivity contribution is 0.0936. The standard InChI is InChI=1S/C27H42N2O2.C2H7N.CH4O/c1-7-9-10-15-31-26(8-2)22(5)11-12-23(6)29-14-13-25(19-29)28-27(30)24-17-20(3)16-21(4)18-24;1-3-2;1-2/h8,11,16-18,23,25H,7,9-10,12-15,19H2,1-6H3,(H,28,30);3H,1-2H3;2H,1H3/b22-11-,26-8+;;. The Morgan fingerprint density at radius 1 is 1.19 bits per heavy atom. The zero-order valence-corrected chi connectivity index (χ0v) is 24.4. The van der Waals surface area contributed by atoms with E-state index in [0.29, 0.717) is 6.04 Å². The number of aryl methyl sites for hydroxylation is 2. The Balaban J connectivity index is 0.00000227. The molecule has 1 aromatic carbocycles. The summed E-state index contributed by atoms with van der Waals surface area (Å²) in [5.74, 6) is 1.04. The van der Waals surface area contributed by atoms with Crippen LogP contribution in [0.15, 0.2) is 41.7 Å². The predicted molar refractivity (Wildman–Crippen MR) is 154 cm³/mol. The average molecular weight is 504 g/mol. The van der Waals surface area contributed by atoms with Crippen LogP contribution < -0.4 is 10.6 Å². The molecule has 6 heteroatoms. The Bertz CT molecular complexity index is 784. The monoisotopic (exact) mass is 503 g/mol. The molecule has 3 N–H and O–H groups in total. The van der Waals surface area contributed by atoms with Crippen molar-refractivity contribution in [1.82, 2.24) is 15.5 Å². The average Bonchev–Trinajstić information content (AvgIpc) is 3.32. The van der Waals surface area contributed by atoms with E-state index in [1.54, 1.807) is 0 Å². The molecule has 206 valence electrons. The van der Waals surface area contributed by atoms with Crippen molar-refractivity contribution in [3.8, 4) is 0 Å². The van der Waals surface area contributed by atoms with Crippen LogP contribution in [0.5, 0.6) is 0 Å². The number of rotatable bonds is 11. The smallest absolute Gasteiger partial charge is 0.251 e. The highest BCUT2D eigenvalue weighted by Gasteiger charge is 2.27. The fraction of sp³-hybridized carbons (Fsp3) is 0.633. The molecule has 1 aliphatic rings. The Hall–Kier alpha value is -2.15. The number of unbranched alkanes of at least 4 members (excludes halogenated alkanes) is 2. The third-order valence-corrected chi connectivity index (χ3v) is 6.08. The first-order valence-corrected chi connectivity index (χ1v) is 13.4. The molecule has 0 aromatic heterocycles. The van der Waals surface area contributed by atoms with Crippen molar-refractivity contribution >= 4 is 5.91 Å². The molecule has 0 spiro atoms. The Labute approximate surface area is 221 Å². The van der Waals surface area contributed by atoms with Gasteiger partial charge in [-0.25, -0.2) is 0 Å². The Morgan fingerprint density at radius 3 is 2.36 bits per heavy atom. The predicted octanol–water partition coefficient (Wildman–Crippen LogP) is 5.39. The normalized spacial score (nSPS) is 16.9. The van der Waals surface area contributed by atoms with Crippen molar-refractivity contribution < 1.29 is 14.6 Å². The molecule has 2 unspecified atom stereocenters. The SMILES string of the molecule is C/C=C(OCCCCC)\C(C)=C/CC(C)N1CCC(NC(=O)c2cc(C)cc(C)c2)C1.CNC.CO. The van der Waals surface area contributed by atoms with Gasteiger partial charge in [0.05, 0.1) is 6.61 Å². The number of carbonyl (C=O) groups excluding carboxylic acids is 1. The minimum atomic E-state index is 0.0417. The van der Waals surface area contributed by atoms with Crippen molar-refractivity contribution in [1.29, 1.82) is 0 Å². The summed E-state index contributed by atoms with van der Waals surface area (Å²) in [5.41, 5.74) is 4.23. The third-order valence-electron chi connectivity index (χ3n) is 6.08. The first-order valence-electron chi connectivity index (χ1n) is 13.4. The molecule has 0 bridgehead atoms. The van der Waals surface area contributed by atoms with Crippen molar-refractivity contribution in [2.75, 3.05) is 40.9 Å². The number of allylic oxidation sites excluding steroid dienone is 2. The van der Waals surface area contributed by atoms with E-state index in [4.69, 9.17) is 9.84 Å². The van der Waals surface area contributed by atoms with Gasteiger partial charge in [0.15, 0.2) is 0 Å². The third kappa shape index (κ3) is 13.2. The number of nitrogens with one attached hydrogen (secondary N) is 2. The Morgan fingerprint density at radius 2 is 1.81 bits per heavy atom. The van der Waals surface area contributed by atoms with E-state index in [2.05, 4.69) is 54.5 Å². The van der Waals surface area contributed by atoms with Crippen LogP contribution in [0, 0.1) is 13.8 Å². The van der Waals surface area contributed by atoms with Crippen LogP contribution in [0.1, 0.15) is 81.3 Å². The molecule has 1 saturated heterocycles. The maximum atomic E-state index is 12.7. The summed E-state index contributed by atoms with van der Waals surface area (Å²) in [7, 11) is 4.75. The van der Waals surface area contributed by atoms with E-state index in [-0.39, 0.29) is 11.9 Å². The molecule has 1 fully saturated rings. The molecule has 1 amide bonds. The summed E-state index contributed by atoms with van der Waals surface area (Å²) in [4.78, 5) is 15.2. The van der Waals surface area contributed by atoms with Gasteiger partial charge >= 0.3 is 0 Å². The lowest BCUT2D eigenvalue weighted by atomic mass is 10.1. The van der Waals surface area contributed by atoms with Crippen LogP contribution in [0.25, 0.3) is 0 Å². The molecule has 2 rings (SSSR count). The number of hydrogen-bond donors (Lipinski definition) is 3. The van der Waals surface area contributed by atoms with E-state index in [0.717, 1.165) is 68.5 Å². The van der Waals surface area contributed by atoms with Crippen LogP contribution in [-0.4, -0.2) is 68.9 Å². The maximum Gasteiger partial charge on any atom is 0.251 e. The van der Waals surface area contributed by atoms with Gasteiger partial charge < -0.3 is 20.5 Å². The van der Waals surface area contributed by atoms with Crippen LogP contribution in [0.4, 0.5) is 0 Å². The summed E-state index contributed by atoms with van der Waals surface area (Å²) in [6.07, 6.45) is 9.89. The number of likely N-dealkylation sites (tertiary alicyclic amines) is 1. The number of amides is 1. The van der Waals surface area contributed by atoms with E-state index in [1.807, 2.05) is 47.0 Å². The number of hydrogen-bond acceptors (Lipinski definition) is 5. The molecule has 1 aromatic rings. The maximum absolute atomic E-state index is 12.7. The molecule has 36 heavy (non-hydrogen) atoms. The minimum Gasteiger partial charge on any atom is -0.494 e. The van der Waals surface area contributed by atoms with Crippen molar-refractivity contribution in [3.05, 3.63) is 58.4 Å². The second-order valence-corrected chi connectivity index (χ2v) is 9.51.